The topological polar surface area (TPSA) is 242 Å². The van der Waals surface area contributed by atoms with Gasteiger partial charge in [0.1, 0.15) is 60.5 Å². The van der Waals surface area contributed by atoms with Crippen LogP contribution in [0, 0.1) is 6.92 Å². The molecule has 0 aliphatic carbocycles. The number of hydrogen-bond acceptors (Lipinski definition) is 15. The van der Waals surface area contributed by atoms with E-state index in [-0.39, 0.29) is 48.2 Å². The highest BCUT2D eigenvalue weighted by Crippen LogP contribution is 2.39. The summed E-state index contributed by atoms with van der Waals surface area (Å²) in [6.07, 6.45) is 19.9. The van der Waals surface area contributed by atoms with Gasteiger partial charge in [-0.15, -0.1) is 0 Å². The van der Waals surface area contributed by atoms with Crippen molar-refractivity contribution in [3.05, 3.63) is 283 Å². The first-order chi connectivity index (χ1) is 49.0. The van der Waals surface area contributed by atoms with Gasteiger partial charge in [-0.3, -0.25) is 48.9 Å². The normalized spacial score (nSPS) is 11.1. The second kappa shape index (κ2) is 35.3. The van der Waals surface area contributed by atoms with E-state index in [1.165, 1.54) is 22.0 Å². The standard InChI is InChI=1S/C41H34Cl2N6O4.C36H31Cl2N5O5/c1-27-22-37(52-25-31-6-3-4-19-45-31)32-7-5-8-36(41(32)48-27)53-26-33-34(42)14-15-35(40(33)43)49(2)39(51)24-47-38(50)16-11-29-10-13-30(46-23-29)12-9-28-17-20-44-21-18-28;1-39-36(46)24-12-9-23(10-13-24)11-16-32(44)42-20-33(45)43(2)29-15-14-28(37)27(34(29)38)22-48-31-8-5-7-26-30(17-19-41-35(26)31)47-21-25-6-3-4-18-40-25/h3-23H,24-26H2,1-2H3,(H,47,50);3-19H,20-22H2,1-2H3,(H,39,46)(H,42,44)/b12-9+,16-11+;16-11+. The Hall–Kier alpha value is -11.6. The number of carbonyl (C=O) groups excluding carboxylic acids is 5. The van der Waals surface area contributed by atoms with Crippen molar-refractivity contribution in [3.63, 3.8) is 0 Å². The predicted molar refractivity (Wildman–Crippen MR) is 395 cm³/mol. The predicted octanol–water partition coefficient (Wildman–Crippen LogP) is 14.4. The van der Waals surface area contributed by atoms with E-state index in [0.717, 1.165) is 50.2 Å². The summed E-state index contributed by atoms with van der Waals surface area (Å²) in [5.74, 6) is 0.403. The van der Waals surface area contributed by atoms with Crippen LogP contribution < -0.4 is 44.7 Å². The minimum Gasteiger partial charge on any atom is -0.487 e. The van der Waals surface area contributed by atoms with Gasteiger partial charge >= 0.3 is 0 Å². The lowest BCUT2D eigenvalue weighted by molar-refractivity contribution is -0.122. The maximum atomic E-state index is 13.1. The lowest BCUT2D eigenvalue weighted by atomic mass is 10.1. The number of halogens is 4. The number of amides is 5. The Balaban J connectivity index is 0.000000219. The van der Waals surface area contributed by atoms with E-state index < -0.39 is 17.7 Å². The Morgan fingerprint density at radius 2 is 1.00 bits per heavy atom. The van der Waals surface area contributed by atoms with E-state index in [1.807, 2.05) is 116 Å². The fourth-order valence-corrected chi connectivity index (χ4v) is 11.1. The van der Waals surface area contributed by atoms with Crippen molar-refractivity contribution in [2.45, 2.75) is 33.4 Å². The molecule has 510 valence electrons. The molecular weight excluding hydrogens is 1360 g/mol. The Morgan fingerprint density at radius 1 is 0.475 bits per heavy atom. The molecule has 20 nitrogen and oxygen atoms in total. The van der Waals surface area contributed by atoms with Gasteiger partial charge in [-0.05, 0) is 151 Å². The molecule has 101 heavy (non-hydrogen) atoms. The quantitative estimate of drug-likeness (QED) is 0.0451. The van der Waals surface area contributed by atoms with Crippen molar-refractivity contribution < 1.29 is 42.9 Å². The zero-order valence-electron chi connectivity index (χ0n) is 54.9. The molecule has 0 saturated heterocycles. The van der Waals surface area contributed by atoms with Gasteiger partial charge in [-0.25, -0.2) is 4.98 Å². The first-order valence-electron chi connectivity index (χ1n) is 31.3. The molecule has 0 saturated carbocycles. The minimum absolute atomic E-state index is 0.00101. The van der Waals surface area contributed by atoms with Crippen molar-refractivity contribution in [1.82, 2.24) is 45.9 Å². The molecule has 0 atom stereocenters. The molecule has 0 unspecified atom stereocenters. The van der Waals surface area contributed by atoms with E-state index >= 15 is 0 Å². The molecule has 24 heteroatoms. The number of benzene rings is 5. The van der Waals surface area contributed by atoms with Crippen molar-refractivity contribution in [2.24, 2.45) is 0 Å². The van der Waals surface area contributed by atoms with Crippen LogP contribution in [0.3, 0.4) is 0 Å². The van der Waals surface area contributed by atoms with Gasteiger partial charge in [-0.1, -0.05) is 94.9 Å². The summed E-state index contributed by atoms with van der Waals surface area (Å²) in [6, 6.07) is 46.8. The first-order valence-corrected chi connectivity index (χ1v) is 32.9. The Labute approximate surface area is 602 Å². The van der Waals surface area contributed by atoms with E-state index in [0.29, 0.717) is 85.4 Å². The third-order valence-corrected chi connectivity index (χ3v) is 16.9. The van der Waals surface area contributed by atoms with Crippen LogP contribution in [0.15, 0.2) is 207 Å². The van der Waals surface area contributed by atoms with Crippen LogP contribution >= 0.6 is 46.4 Å². The summed E-state index contributed by atoms with van der Waals surface area (Å²) in [4.78, 5) is 91.7. The fourth-order valence-electron chi connectivity index (χ4n) is 9.89. The molecule has 0 bridgehead atoms. The number of ether oxygens (including phenoxy) is 4. The van der Waals surface area contributed by atoms with Gasteiger partial charge in [-0.2, -0.15) is 0 Å². The number of fused-ring (bicyclic) bond motifs is 2. The van der Waals surface area contributed by atoms with Crippen LogP contribution in [0.1, 0.15) is 61.0 Å². The van der Waals surface area contributed by atoms with Crippen LogP contribution in [-0.2, 0) is 45.6 Å². The van der Waals surface area contributed by atoms with E-state index in [2.05, 4.69) is 40.9 Å². The van der Waals surface area contributed by atoms with Crippen LogP contribution in [0.4, 0.5) is 11.4 Å². The summed E-state index contributed by atoms with van der Waals surface area (Å²) >= 11 is 26.7. The average molecular weight is 1430 g/mol. The molecule has 6 aromatic heterocycles. The Bertz CT molecular complexity index is 4860. The van der Waals surface area contributed by atoms with Crippen molar-refractivity contribution >= 4 is 133 Å². The van der Waals surface area contributed by atoms with Gasteiger partial charge in [0, 0.05) is 120 Å². The lowest BCUT2D eigenvalue weighted by Gasteiger charge is -2.21. The van der Waals surface area contributed by atoms with Gasteiger partial charge < -0.3 is 44.7 Å². The molecule has 5 aromatic carbocycles. The van der Waals surface area contributed by atoms with Crippen molar-refractivity contribution in [1.29, 1.82) is 0 Å². The lowest BCUT2D eigenvalue weighted by Crippen LogP contribution is -2.37. The molecule has 0 aliphatic heterocycles. The maximum Gasteiger partial charge on any atom is 0.251 e. The number of rotatable bonds is 25. The monoisotopic (exact) mass is 1430 g/mol. The summed E-state index contributed by atoms with van der Waals surface area (Å²) in [6.45, 7) is 1.96. The second-order valence-corrected chi connectivity index (χ2v) is 23.8. The van der Waals surface area contributed by atoms with Crippen LogP contribution in [0.25, 0.3) is 46.1 Å². The smallest absolute Gasteiger partial charge is 0.251 e. The number of aryl methyl sites for hydroxylation is 1. The number of likely N-dealkylation sites (N-methyl/N-ethyl adjacent to an activating group) is 2. The van der Waals surface area contributed by atoms with E-state index in [9.17, 15) is 24.0 Å². The van der Waals surface area contributed by atoms with Crippen LogP contribution in [-0.4, -0.2) is 93.7 Å². The Kier molecular flexibility index (Phi) is 25.2. The van der Waals surface area contributed by atoms with E-state index in [1.54, 1.807) is 131 Å². The Morgan fingerprint density at radius 3 is 1.54 bits per heavy atom. The molecule has 0 spiro atoms. The van der Waals surface area contributed by atoms with Crippen LogP contribution in [0.2, 0.25) is 20.1 Å². The average Bonchev–Trinajstić information content (AvgIpc) is 0.805. The number of aromatic nitrogens is 6. The van der Waals surface area contributed by atoms with Crippen LogP contribution in [0.5, 0.6) is 23.0 Å². The maximum absolute atomic E-state index is 13.1. The third kappa shape index (κ3) is 19.6. The molecular formula is C77H65Cl4N11O9. The summed E-state index contributed by atoms with van der Waals surface area (Å²) in [7, 11) is 4.68. The molecule has 0 aliphatic rings. The van der Waals surface area contributed by atoms with Gasteiger partial charge in [0.05, 0.1) is 51.6 Å². The highest BCUT2D eigenvalue weighted by molar-refractivity contribution is 6.39. The number of pyridine rings is 6. The van der Waals surface area contributed by atoms with Crippen molar-refractivity contribution in [2.75, 3.05) is 44.0 Å². The minimum atomic E-state index is -0.461. The number of anilines is 2. The van der Waals surface area contributed by atoms with Crippen molar-refractivity contribution in [3.8, 4) is 23.0 Å². The van der Waals surface area contributed by atoms with Gasteiger partial charge in [0.15, 0.2) is 0 Å². The summed E-state index contributed by atoms with van der Waals surface area (Å²) in [5, 5.41) is 10.5. The molecule has 0 radical (unpaired) electrons. The second-order valence-electron chi connectivity index (χ2n) is 22.2. The molecule has 11 rings (SSSR count). The number of nitrogens with zero attached hydrogens (tertiary/aromatic N) is 8. The van der Waals surface area contributed by atoms with Gasteiger partial charge in [0.25, 0.3) is 5.91 Å². The number of carbonyl (C=O) groups is 5. The number of para-hydroxylation sites is 2. The zero-order chi connectivity index (χ0) is 71.2. The number of hydrogen-bond donors (Lipinski definition) is 3. The largest absolute Gasteiger partial charge is 0.487 e. The zero-order valence-corrected chi connectivity index (χ0v) is 58.0. The molecule has 11 aromatic rings. The summed E-state index contributed by atoms with van der Waals surface area (Å²) < 4.78 is 24.5. The molecule has 3 N–H and O–H groups in total. The van der Waals surface area contributed by atoms with Gasteiger partial charge in [0.2, 0.25) is 23.6 Å². The molecule has 6 heterocycles. The molecule has 5 amide bonds. The fraction of sp³-hybridized carbons (Fsp3) is 0.130. The first kappa shape index (κ1) is 72.2. The van der Waals surface area contributed by atoms with E-state index in [4.69, 9.17) is 70.3 Å². The highest BCUT2D eigenvalue weighted by atomic mass is 35.5. The SMILES string of the molecule is CNC(=O)c1ccc(/C=C/C(=O)NCC(=O)N(C)c2ccc(Cl)c(COc3cccc4c(OCc5ccccn5)ccnc34)c2Cl)cc1.Cc1cc(OCc2ccccn2)c2cccc(OCc3c(Cl)ccc(N(C)C(=O)CNC(=O)/C=C/c4ccc(/C=C/c5ccncc5)nc4)c3Cl)c2n1. The third-order valence-electron chi connectivity index (χ3n) is 15.4. The highest BCUT2D eigenvalue weighted by Gasteiger charge is 2.23. The summed E-state index contributed by atoms with van der Waals surface area (Å²) in [5.41, 5.74) is 9.07. The number of nitrogens with one attached hydrogen (secondary N) is 3. The molecule has 0 fully saturated rings.